The van der Waals surface area contributed by atoms with Crippen molar-refractivity contribution in [3.63, 3.8) is 0 Å². The van der Waals surface area contributed by atoms with Crippen LogP contribution in [-0.2, 0) is 13.0 Å². The van der Waals surface area contributed by atoms with Crippen LogP contribution in [0.25, 0.3) is 0 Å². The molecule has 2 nitrogen and oxygen atoms in total. The molecular weight excluding hydrogens is 304 g/mol. The van der Waals surface area contributed by atoms with Gasteiger partial charge >= 0.3 is 0 Å². The lowest BCUT2D eigenvalue weighted by Gasteiger charge is -2.29. The molecule has 3 heteroatoms. The quantitative estimate of drug-likeness (QED) is 0.789. The molecule has 0 aromatic heterocycles. The smallest absolute Gasteiger partial charge is 0.127 e. The minimum atomic E-state index is 0.854. The lowest BCUT2D eigenvalue weighted by atomic mass is 10.1. The molecule has 2 aromatic rings. The molecule has 0 atom stereocenters. The van der Waals surface area contributed by atoms with Crippen LogP contribution in [-0.4, -0.2) is 32.7 Å². The van der Waals surface area contributed by atoms with E-state index >= 15 is 0 Å². The van der Waals surface area contributed by atoms with Gasteiger partial charge in [-0.25, -0.2) is 0 Å². The third-order valence-corrected chi connectivity index (χ3v) is 5.08. The Morgan fingerprint density at radius 1 is 0.783 bits per heavy atom. The van der Waals surface area contributed by atoms with Crippen molar-refractivity contribution in [2.75, 3.05) is 32.7 Å². The standard InChI is InChI=1S/C20H25ClN2/c21-20-10-4-8-19(16-20)17-23-14-12-22(13-15-23)11-5-9-18-6-2-1-3-7-18/h1-4,6-8,10,16H,5,9,11-15,17H2/p+2. The minimum absolute atomic E-state index is 0.854. The van der Waals surface area contributed by atoms with Gasteiger partial charge in [0, 0.05) is 17.0 Å². The number of aryl methyl sites for hydroxylation is 1. The Labute approximate surface area is 144 Å². The van der Waals surface area contributed by atoms with E-state index in [2.05, 4.69) is 48.5 Å². The van der Waals surface area contributed by atoms with Gasteiger partial charge in [0.05, 0.1) is 6.54 Å². The fraction of sp³-hybridized carbons (Fsp3) is 0.400. The summed E-state index contributed by atoms with van der Waals surface area (Å²) in [4.78, 5) is 3.47. The molecule has 1 aliphatic rings. The van der Waals surface area contributed by atoms with E-state index in [4.69, 9.17) is 11.6 Å². The maximum absolute atomic E-state index is 6.08. The SMILES string of the molecule is Clc1cccc(C[NH+]2CC[NH+](CCCc3ccccc3)CC2)c1. The second kappa shape index (κ2) is 8.49. The Morgan fingerprint density at radius 3 is 2.22 bits per heavy atom. The van der Waals surface area contributed by atoms with Crippen LogP contribution in [0.2, 0.25) is 5.02 Å². The summed E-state index contributed by atoms with van der Waals surface area (Å²) in [7, 11) is 0. The summed E-state index contributed by atoms with van der Waals surface area (Å²) >= 11 is 6.08. The second-order valence-electron chi connectivity index (χ2n) is 6.65. The van der Waals surface area contributed by atoms with Gasteiger partial charge in [0.1, 0.15) is 32.7 Å². The van der Waals surface area contributed by atoms with E-state index in [1.165, 1.54) is 56.7 Å². The maximum atomic E-state index is 6.08. The van der Waals surface area contributed by atoms with E-state index < -0.39 is 0 Å². The van der Waals surface area contributed by atoms with Gasteiger partial charge in [-0.3, -0.25) is 0 Å². The first kappa shape index (κ1) is 16.5. The average molecular weight is 331 g/mol. The van der Waals surface area contributed by atoms with E-state index in [-0.39, 0.29) is 0 Å². The van der Waals surface area contributed by atoms with Crippen LogP contribution in [0, 0.1) is 0 Å². The van der Waals surface area contributed by atoms with E-state index in [0.29, 0.717) is 0 Å². The summed E-state index contributed by atoms with van der Waals surface area (Å²) in [5.41, 5.74) is 2.83. The maximum Gasteiger partial charge on any atom is 0.127 e. The van der Waals surface area contributed by atoms with E-state index in [1.807, 2.05) is 6.07 Å². The zero-order valence-electron chi connectivity index (χ0n) is 13.7. The highest BCUT2D eigenvalue weighted by Gasteiger charge is 2.22. The molecule has 1 saturated heterocycles. The highest BCUT2D eigenvalue weighted by atomic mass is 35.5. The number of rotatable bonds is 6. The van der Waals surface area contributed by atoms with Gasteiger partial charge in [-0.05, 0) is 24.1 Å². The van der Waals surface area contributed by atoms with Gasteiger partial charge < -0.3 is 9.80 Å². The van der Waals surface area contributed by atoms with Gasteiger partial charge in [-0.15, -0.1) is 0 Å². The molecule has 2 aromatic carbocycles. The first-order chi connectivity index (χ1) is 11.3. The molecule has 1 fully saturated rings. The molecule has 0 spiro atoms. The highest BCUT2D eigenvalue weighted by molar-refractivity contribution is 6.30. The van der Waals surface area contributed by atoms with E-state index in [0.717, 1.165) is 11.6 Å². The Morgan fingerprint density at radius 2 is 1.48 bits per heavy atom. The second-order valence-corrected chi connectivity index (χ2v) is 7.08. The molecule has 122 valence electrons. The number of halogens is 1. The number of hydrogen-bond acceptors (Lipinski definition) is 0. The molecular formula is C20H27ClN2+2. The molecule has 0 bridgehead atoms. The van der Waals surface area contributed by atoms with Gasteiger partial charge in [-0.2, -0.15) is 0 Å². The Bertz CT molecular complexity index is 592. The van der Waals surface area contributed by atoms with Crippen molar-refractivity contribution in [3.8, 4) is 0 Å². The summed E-state index contributed by atoms with van der Waals surface area (Å²) in [6.07, 6.45) is 2.51. The van der Waals surface area contributed by atoms with Crippen molar-refractivity contribution < 1.29 is 9.80 Å². The van der Waals surface area contributed by atoms with Gasteiger partial charge in [-0.1, -0.05) is 54.1 Å². The van der Waals surface area contributed by atoms with Crippen molar-refractivity contribution in [3.05, 3.63) is 70.7 Å². The van der Waals surface area contributed by atoms with E-state index in [9.17, 15) is 0 Å². The fourth-order valence-electron chi connectivity index (χ4n) is 3.51. The fourth-order valence-corrected chi connectivity index (χ4v) is 3.72. The first-order valence-electron chi connectivity index (χ1n) is 8.75. The van der Waals surface area contributed by atoms with Crippen LogP contribution in [0.15, 0.2) is 54.6 Å². The minimum Gasteiger partial charge on any atom is -0.326 e. The van der Waals surface area contributed by atoms with Crippen LogP contribution in [0.3, 0.4) is 0 Å². The van der Waals surface area contributed by atoms with Crippen molar-refractivity contribution in [1.82, 2.24) is 0 Å². The van der Waals surface area contributed by atoms with Crippen molar-refractivity contribution in [2.45, 2.75) is 19.4 Å². The van der Waals surface area contributed by atoms with Crippen molar-refractivity contribution in [2.24, 2.45) is 0 Å². The van der Waals surface area contributed by atoms with Crippen molar-refractivity contribution in [1.29, 1.82) is 0 Å². The topological polar surface area (TPSA) is 8.88 Å². The molecule has 0 radical (unpaired) electrons. The molecule has 0 amide bonds. The largest absolute Gasteiger partial charge is 0.326 e. The van der Waals surface area contributed by atoms with E-state index in [1.54, 1.807) is 9.80 Å². The lowest BCUT2D eigenvalue weighted by Crippen LogP contribution is -3.27. The molecule has 2 N–H and O–H groups in total. The van der Waals surface area contributed by atoms with Crippen LogP contribution >= 0.6 is 11.6 Å². The Balaban J connectivity index is 1.37. The molecule has 0 saturated carbocycles. The average Bonchev–Trinajstić information content (AvgIpc) is 2.58. The molecule has 0 unspecified atom stereocenters. The van der Waals surface area contributed by atoms with Crippen LogP contribution in [0.4, 0.5) is 0 Å². The van der Waals surface area contributed by atoms with Crippen LogP contribution in [0.5, 0.6) is 0 Å². The monoisotopic (exact) mass is 330 g/mol. The van der Waals surface area contributed by atoms with Crippen LogP contribution in [0.1, 0.15) is 17.5 Å². The zero-order valence-corrected chi connectivity index (χ0v) is 14.5. The van der Waals surface area contributed by atoms with Crippen LogP contribution < -0.4 is 9.80 Å². The van der Waals surface area contributed by atoms with Gasteiger partial charge in [0.25, 0.3) is 0 Å². The molecule has 3 rings (SSSR count). The predicted octanol–water partition coefficient (Wildman–Crippen LogP) is 1.26. The number of nitrogens with one attached hydrogen (secondary N) is 2. The van der Waals surface area contributed by atoms with Crippen molar-refractivity contribution >= 4 is 11.6 Å². The summed E-state index contributed by atoms with van der Waals surface area (Å²) in [6, 6.07) is 19.2. The Kier molecular flexibility index (Phi) is 6.09. The molecule has 23 heavy (non-hydrogen) atoms. The lowest BCUT2D eigenvalue weighted by molar-refractivity contribution is -1.02. The number of hydrogen-bond donors (Lipinski definition) is 2. The summed E-state index contributed by atoms with van der Waals surface area (Å²) < 4.78 is 0. The highest BCUT2D eigenvalue weighted by Crippen LogP contribution is 2.09. The molecule has 1 heterocycles. The molecule has 1 aliphatic heterocycles. The summed E-state index contributed by atoms with van der Waals surface area (Å²) in [5, 5.41) is 0.854. The zero-order chi connectivity index (χ0) is 15.9. The number of quaternary nitrogens is 2. The first-order valence-corrected chi connectivity index (χ1v) is 9.13. The molecule has 0 aliphatic carbocycles. The van der Waals surface area contributed by atoms with Gasteiger partial charge in [0.2, 0.25) is 0 Å². The number of benzene rings is 2. The normalized spacial score (nSPS) is 21.3. The number of piperazine rings is 1. The Hall–Kier alpha value is -1.35. The van der Waals surface area contributed by atoms with Gasteiger partial charge in [0.15, 0.2) is 0 Å². The third-order valence-electron chi connectivity index (χ3n) is 4.85. The summed E-state index contributed by atoms with van der Waals surface area (Å²) in [6.45, 7) is 7.55. The predicted molar refractivity (Wildman–Crippen MR) is 96.2 cm³/mol. The summed E-state index contributed by atoms with van der Waals surface area (Å²) in [5.74, 6) is 0. The third kappa shape index (κ3) is 5.35.